The molecule has 0 amide bonds. The highest BCUT2D eigenvalue weighted by molar-refractivity contribution is 7.89. The Morgan fingerprint density at radius 2 is 2.05 bits per heavy atom. The van der Waals surface area contributed by atoms with Gasteiger partial charge in [-0.15, -0.1) is 0 Å². The molecule has 0 aliphatic heterocycles. The summed E-state index contributed by atoms with van der Waals surface area (Å²) in [5, 5.41) is 0. The fourth-order valence-corrected chi connectivity index (χ4v) is 2.93. The van der Waals surface area contributed by atoms with Gasteiger partial charge in [0.1, 0.15) is 5.82 Å². The van der Waals surface area contributed by atoms with Crippen molar-refractivity contribution >= 4 is 10.0 Å². The minimum atomic E-state index is -3.63. The van der Waals surface area contributed by atoms with Crippen molar-refractivity contribution in [1.29, 1.82) is 0 Å². The minimum Gasteiger partial charge on any atom is -0.336 e. The van der Waals surface area contributed by atoms with Crippen LogP contribution in [0.2, 0.25) is 0 Å². The number of rotatable bonds is 5. The van der Waals surface area contributed by atoms with Crippen molar-refractivity contribution in [1.82, 2.24) is 14.3 Å². The maximum atomic E-state index is 12.8. The number of benzene rings is 1. The third-order valence-electron chi connectivity index (χ3n) is 2.52. The predicted octanol–water partition coefficient (Wildman–Crippen LogP) is 1.39. The number of aromatic nitrogens is 2. The normalized spacial score (nSPS) is 13.4. The highest BCUT2D eigenvalue weighted by Crippen LogP contribution is 2.10. The van der Waals surface area contributed by atoms with Crippen LogP contribution in [0.3, 0.4) is 0 Å². The quantitative estimate of drug-likeness (QED) is 0.902. The van der Waals surface area contributed by atoms with Gasteiger partial charge in [0.15, 0.2) is 0 Å². The average Bonchev–Trinajstić information content (AvgIpc) is 2.81. The Kier molecular flexibility index (Phi) is 3.96. The van der Waals surface area contributed by atoms with Gasteiger partial charge in [0.25, 0.3) is 0 Å². The van der Waals surface area contributed by atoms with Crippen LogP contribution in [0.4, 0.5) is 4.39 Å². The number of hydrogen-bond acceptors (Lipinski definition) is 3. The van der Waals surface area contributed by atoms with Crippen molar-refractivity contribution in [3.8, 4) is 0 Å². The second kappa shape index (κ2) is 5.50. The molecule has 19 heavy (non-hydrogen) atoms. The fourth-order valence-electron chi connectivity index (χ4n) is 1.69. The summed E-state index contributed by atoms with van der Waals surface area (Å²) in [6.07, 6.45) is 4.99. The lowest BCUT2D eigenvalue weighted by molar-refractivity contribution is 0.520. The smallest absolute Gasteiger partial charge is 0.240 e. The predicted molar refractivity (Wildman–Crippen MR) is 68.4 cm³/mol. The highest BCUT2D eigenvalue weighted by atomic mass is 32.2. The summed E-state index contributed by atoms with van der Waals surface area (Å²) in [7, 11) is -3.63. The van der Waals surface area contributed by atoms with Crippen LogP contribution in [0.1, 0.15) is 6.92 Å². The zero-order valence-electron chi connectivity index (χ0n) is 10.3. The number of nitrogens with zero attached hydrogens (tertiary/aromatic N) is 2. The van der Waals surface area contributed by atoms with Gasteiger partial charge in [-0.1, -0.05) is 0 Å². The lowest BCUT2D eigenvalue weighted by Gasteiger charge is -2.14. The molecule has 2 aromatic rings. The maximum Gasteiger partial charge on any atom is 0.240 e. The number of imidazole rings is 1. The van der Waals surface area contributed by atoms with E-state index in [1.54, 1.807) is 30.2 Å². The molecule has 0 saturated heterocycles. The molecule has 0 fully saturated rings. The van der Waals surface area contributed by atoms with Crippen LogP contribution in [0.15, 0.2) is 47.9 Å². The van der Waals surface area contributed by atoms with Gasteiger partial charge in [-0.25, -0.2) is 22.5 Å². The molecular formula is C12H14FN3O2S. The Labute approximate surface area is 111 Å². The molecule has 1 N–H and O–H groups in total. The van der Waals surface area contributed by atoms with Gasteiger partial charge in [0, 0.05) is 25.0 Å². The van der Waals surface area contributed by atoms with E-state index in [1.807, 2.05) is 0 Å². The van der Waals surface area contributed by atoms with Gasteiger partial charge in [-0.2, -0.15) is 0 Å². The molecule has 2 rings (SSSR count). The third-order valence-corrected chi connectivity index (χ3v) is 4.13. The number of nitrogens with one attached hydrogen (secondary N) is 1. The van der Waals surface area contributed by atoms with Gasteiger partial charge in [-0.3, -0.25) is 0 Å². The molecule has 0 radical (unpaired) electrons. The van der Waals surface area contributed by atoms with Gasteiger partial charge in [0.2, 0.25) is 10.0 Å². The summed E-state index contributed by atoms with van der Waals surface area (Å²) in [6, 6.07) is 4.41. The van der Waals surface area contributed by atoms with Crippen molar-refractivity contribution in [3.05, 3.63) is 48.8 Å². The Bertz CT molecular complexity index is 624. The third kappa shape index (κ3) is 3.62. The zero-order valence-corrected chi connectivity index (χ0v) is 11.1. The Balaban J connectivity index is 2.06. The molecule has 7 heteroatoms. The van der Waals surface area contributed by atoms with E-state index in [-0.39, 0.29) is 10.9 Å². The molecular weight excluding hydrogens is 269 g/mol. The Hall–Kier alpha value is -1.73. The van der Waals surface area contributed by atoms with Crippen molar-refractivity contribution in [2.75, 3.05) is 0 Å². The molecule has 102 valence electrons. The lowest BCUT2D eigenvalue weighted by atomic mass is 10.3. The van der Waals surface area contributed by atoms with Crippen LogP contribution in [-0.4, -0.2) is 24.0 Å². The Morgan fingerprint density at radius 1 is 1.37 bits per heavy atom. The minimum absolute atomic E-state index is 0.0476. The largest absolute Gasteiger partial charge is 0.336 e. The fraction of sp³-hybridized carbons (Fsp3) is 0.250. The molecule has 1 heterocycles. The van der Waals surface area contributed by atoms with Crippen molar-refractivity contribution < 1.29 is 12.8 Å². The van der Waals surface area contributed by atoms with Crippen LogP contribution < -0.4 is 4.72 Å². The van der Waals surface area contributed by atoms with Crippen molar-refractivity contribution in [3.63, 3.8) is 0 Å². The molecule has 5 nitrogen and oxygen atoms in total. The number of hydrogen-bond donors (Lipinski definition) is 1. The second-order valence-corrected chi connectivity index (χ2v) is 5.95. The maximum absolute atomic E-state index is 12.8. The monoisotopic (exact) mass is 283 g/mol. The molecule has 0 spiro atoms. The molecule has 1 atom stereocenters. The van der Waals surface area contributed by atoms with Crippen LogP contribution in [-0.2, 0) is 16.6 Å². The molecule has 1 aromatic carbocycles. The van der Waals surface area contributed by atoms with Crippen molar-refractivity contribution in [2.45, 2.75) is 24.4 Å². The molecule has 1 aromatic heterocycles. The standard InChI is InChI=1S/C12H14FN3O2S/c1-10(8-16-7-6-14-9-16)15-19(17,18)12-4-2-11(13)3-5-12/h2-7,9-10,15H,8H2,1H3. The van der Waals surface area contributed by atoms with Crippen LogP contribution in [0.25, 0.3) is 0 Å². The van der Waals surface area contributed by atoms with Gasteiger partial charge in [0.05, 0.1) is 11.2 Å². The van der Waals surface area contributed by atoms with E-state index in [0.29, 0.717) is 6.54 Å². The van der Waals surface area contributed by atoms with E-state index >= 15 is 0 Å². The number of halogens is 1. The summed E-state index contributed by atoms with van der Waals surface area (Å²) in [6.45, 7) is 2.22. The molecule has 0 aliphatic rings. The summed E-state index contributed by atoms with van der Waals surface area (Å²) in [5.41, 5.74) is 0. The topological polar surface area (TPSA) is 64.0 Å². The van der Waals surface area contributed by atoms with Crippen LogP contribution >= 0.6 is 0 Å². The first-order valence-electron chi connectivity index (χ1n) is 5.71. The second-order valence-electron chi connectivity index (χ2n) is 4.24. The van der Waals surface area contributed by atoms with Crippen LogP contribution in [0, 0.1) is 5.82 Å². The SMILES string of the molecule is CC(Cn1ccnc1)NS(=O)(=O)c1ccc(F)cc1. The van der Waals surface area contributed by atoms with E-state index in [4.69, 9.17) is 0 Å². The molecule has 0 aliphatic carbocycles. The average molecular weight is 283 g/mol. The summed E-state index contributed by atoms with van der Waals surface area (Å²) >= 11 is 0. The van der Waals surface area contributed by atoms with E-state index in [1.165, 1.54) is 12.1 Å². The van der Waals surface area contributed by atoms with Gasteiger partial charge in [-0.05, 0) is 31.2 Å². The number of sulfonamides is 1. The first-order chi connectivity index (χ1) is 8.97. The summed E-state index contributed by atoms with van der Waals surface area (Å²) in [4.78, 5) is 3.93. The van der Waals surface area contributed by atoms with E-state index in [9.17, 15) is 12.8 Å². The van der Waals surface area contributed by atoms with Crippen molar-refractivity contribution in [2.24, 2.45) is 0 Å². The summed E-state index contributed by atoms with van der Waals surface area (Å²) in [5.74, 6) is -0.467. The first kappa shape index (κ1) is 13.7. The van der Waals surface area contributed by atoms with Gasteiger partial charge >= 0.3 is 0 Å². The molecule has 0 bridgehead atoms. The van der Waals surface area contributed by atoms with Crippen LogP contribution in [0.5, 0.6) is 0 Å². The van der Waals surface area contributed by atoms with E-state index < -0.39 is 15.8 Å². The highest BCUT2D eigenvalue weighted by Gasteiger charge is 2.17. The first-order valence-corrected chi connectivity index (χ1v) is 7.19. The van der Waals surface area contributed by atoms with Gasteiger partial charge < -0.3 is 4.57 Å². The lowest BCUT2D eigenvalue weighted by Crippen LogP contribution is -2.35. The van der Waals surface area contributed by atoms with E-state index in [2.05, 4.69) is 9.71 Å². The molecule has 1 unspecified atom stereocenters. The Morgan fingerprint density at radius 3 is 2.63 bits per heavy atom. The zero-order chi connectivity index (χ0) is 13.9. The summed E-state index contributed by atoms with van der Waals surface area (Å²) < 4.78 is 41.1. The molecule has 0 saturated carbocycles. The van der Waals surface area contributed by atoms with E-state index in [0.717, 1.165) is 12.1 Å².